The molecule has 0 aliphatic heterocycles. The number of benzene rings is 1. The summed E-state index contributed by atoms with van der Waals surface area (Å²) in [5, 5.41) is 9.30. The Morgan fingerprint density at radius 2 is 1.78 bits per heavy atom. The number of nitrogens with two attached hydrogens (primary N) is 1. The van der Waals surface area contributed by atoms with Crippen LogP contribution in [0.2, 0.25) is 0 Å². The van der Waals surface area contributed by atoms with Crippen LogP contribution in [0.1, 0.15) is 19.4 Å². The number of rotatable bonds is 9. The topological polar surface area (TPSA) is 111 Å². The molecule has 0 saturated carbocycles. The van der Waals surface area contributed by atoms with Gasteiger partial charge in [-0.05, 0) is 18.4 Å². The first-order valence-electron chi connectivity index (χ1n) is 7.44. The fourth-order valence-electron chi connectivity index (χ4n) is 1.69. The Bertz CT molecular complexity index is 578. The first kappa shape index (κ1) is 19.4. The van der Waals surface area contributed by atoms with E-state index >= 15 is 0 Å². The predicted molar refractivity (Wildman–Crippen MR) is 89.2 cm³/mol. The molecule has 7 nitrogen and oxygen atoms in total. The van der Waals surface area contributed by atoms with E-state index in [0.29, 0.717) is 19.8 Å². The van der Waals surface area contributed by atoms with Crippen molar-refractivity contribution in [3.8, 4) is 0 Å². The number of amides is 2. The molecule has 0 radical (unpaired) electrons. The van der Waals surface area contributed by atoms with Gasteiger partial charge >= 0.3 is 6.03 Å². The molecule has 0 saturated heterocycles. The van der Waals surface area contributed by atoms with Gasteiger partial charge in [-0.15, -0.1) is 0 Å². The van der Waals surface area contributed by atoms with Crippen LogP contribution < -0.4 is 15.8 Å². The Kier molecular flexibility index (Phi) is 8.01. The Hall–Kier alpha value is -1.64. The molecule has 0 bridgehead atoms. The molecule has 0 spiro atoms. The highest BCUT2D eigenvalue weighted by Crippen LogP contribution is 2.02. The molecule has 2 amide bonds. The zero-order valence-electron chi connectivity index (χ0n) is 13.5. The van der Waals surface area contributed by atoms with Gasteiger partial charge in [0.1, 0.15) is 0 Å². The number of primary sulfonamides is 1. The minimum Gasteiger partial charge on any atom is -0.376 e. The maximum absolute atomic E-state index is 11.6. The molecule has 2 atom stereocenters. The summed E-state index contributed by atoms with van der Waals surface area (Å²) in [4.78, 5) is 11.6. The van der Waals surface area contributed by atoms with Crippen molar-refractivity contribution >= 4 is 16.1 Å². The van der Waals surface area contributed by atoms with Crippen LogP contribution in [0.15, 0.2) is 30.3 Å². The van der Waals surface area contributed by atoms with Crippen LogP contribution in [0.25, 0.3) is 0 Å². The first-order valence-corrected chi connectivity index (χ1v) is 9.05. The molecule has 0 unspecified atom stereocenters. The maximum Gasteiger partial charge on any atom is 0.314 e. The van der Waals surface area contributed by atoms with Crippen LogP contribution in [-0.4, -0.2) is 39.4 Å². The van der Waals surface area contributed by atoms with Crippen molar-refractivity contribution in [1.29, 1.82) is 0 Å². The Labute approximate surface area is 137 Å². The number of ether oxygens (including phenoxy) is 1. The second-order valence-corrected chi connectivity index (χ2v) is 7.58. The molecule has 23 heavy (non-hydrogen) atoms. The third kappa shape index (κ3) is 8.53. The van der Waals surface area contributed by atoms with Crippen molar-refractivity contribution in [2.75, 3.05) is 19.7 Å². The lowest BCUT2D eigenvalue weighted by molar-refractivity contribution is 0.0924. The van der Waals surface area contributed by atoms with Gasteiger partial charge in [-0.25, -0.2) is 18.4 Å². The molecular formula is C15H25N3O4S. The van der Waals surface area contributed by atoms with E-state index in [4.69, 9.17) is 9.88 Å². The molecule has 1 aromatic carbocycles. The van der Waals surface area contributed by atoms with Crippen molar-refractivity contribution in [3.05, 3.63) is 35.9 Å². The van der Waals surface area contributed by atoms with E-state index in [0.717, 1.165) is 5.56 Å². The third-order valence-electron chi connectivity index (χ3n) is 3.24. The van der Waals surface area contributed by atoms with Gasteiger partial charge in [0.05, 0.1) is 18.5 Å². The zero-order valence-corrected chi connectivity index (χ0v) is 14.3. The number of carbonyl (C=O) groups excluding carboxylic acids is 1. The number of urea groups is 1. The molecule has 0 heterocycles. The number of sulfonamides is 1. The molecule has 0 aliphatic rings. The molecule has 130 valence electrons. The van der Waals surface area contributed by atoms with Crippen LogP contribution >= 0.6 is 0 Å². The molecule has 0 fully saturated rings. The maximum atomic E-state index is 11.6. The van der Waals surface area contributed by atoms with Crippen molar-refractivity contribution in [1.82, 2.24) is 10.6 Å². The molecule has 1 aromatic rings. The van der Waals surface area contributed by atoms with Gasteiger partial charge in [0.15, 0.2) is 0 Å². The van der Waals surface area contributed by atoms with Crippen LogP contribution in [-0.2, 0) is 21.4 Å². The van der Waals surface area contributed by atoms with E-state index in [1.54, 1.807) is 0 Å². The van der Waals surface area contributed by atoms with Gasteiger partial charge in [0.2, 0.25) is 10.0 Å². The van der Waals surface area contributed by atoms with Crippen LogP contribution in [0.3, 0.4) is 0 Å². The minimum atomic E-state index is -3.63. The van der Waals surface area contributed by atoms with Gasteiger partial charge in [-0.2, -0.15) is 0 Å². The van der Waals surface area contributed by atoms with Crippen molar-refractivity contribution in [3.63, 3.8) is 0 Å². The van der Waals surface area contributed by atoms with E-state index < -0.39 is 21.3 Å². The van der Waals surface area contributed by atoms with Gasteiger partial charge < -0.3 is 15.4 Å². The van der Waals surface area contributed by atoms with Crippen LogP contribution in [0, 0.1) is 5.92 Å². The average molecular weight is 343 g/mol. The molecule has 0 aliphatic carbocycles. The summed E-state index contributed by atoms with van der Waals surface area (Å²) in [6, 6.07) is 9.42. The van der Waals surface area contributed by atoms with E-state index in [1.807, 2.05) is 37.3 Å². The van der Waals surface area contributed by atoms with E-state index in [9.17, 15) is 13.2 Å². The Morgan fingerprint density at radius 3 is 2.39 bits per heavy atom. The van der Waals surface area contributed by atoms with Crippen molar-refractivity contribution in [2.45, 2.75) is 25.7 Å². The minimum absolute atomic E-state index is 0.0243. The standard InChI is InChI=1S/C15H25N3O4S/c1-12(10-22-11-14-6-4-3-5-7-14)8-17-15(19)18-9-13(2)23(16,20)21/h3-7,12-13H,8-11H2,1-2H3,(H2,16,20,21)(H2,17,18,19)/t12-,13-/m0/s1. The number of hydrogen-bond donors (Lipinski definition) is 3. The summed E-state index contributed by atoms with van der Waals surface area (Å²) in [5.74, 6) is 0.139. The van der Waals surface area contributed by atoms with Gasteiger partial charge in [-0.1, -0.05) is 37.3 Å². The lowest BCUT2D eigenvalue weighted by Crippen LogP contribution is -2.44. The summed E-state index contributed by atoms with van der Waals surface area (Å²) in [6.07, 6.45) is 0. The second-order valence-electron chi connectivity index (χ2n) is 5.60. The zero-order chi connectivity index (χ0) is 17.3. The highest BCUT2D eigenvalue weighted by Gasteiger charge is 2.16. The molecule has 8 heteroatoms. The number of nitrogens with one attached hydrogen (secondary N) is 2. The van der Waals surface area contributed by atoms with Crippen molar-refractivity contribution in [2.24, 2.45) is 11.1 Å². The summed E-state index contributed by atoms with van der Waals surface area (Å²) in [5.41, 5.74) is 1.10. The monoisotopic (exact) mass is 343 g/mol. The molecule has 0 aromatic heterocycles. The molecule has 1 rings (SSSR count). The van der Waals surface area contributed by atoms with Gasteiger partial charge in [-0.3, -0.25) is 0 Å². The smallest absolute Gasteiger partial charge is 0.314 e. The van der Waals surface area contributed by atoms with Gasteiger partial charge in [0, 0.05) is 13.1 Å². The lowest BCUT2D eigenvalue weighted by atomic mass is 10.2. The average Bonchev–Trinajstić information content (AvgIpc) is 2.50. The Morgan fingerprint density at radius 1 is 1.17 bits per heavy atom. The van der Waals surface area contributed by atoms with Crippen LogP contribution in [0.5, 0.6) is 0 Å². The molecule has 4 N–H and O–H groups in total. The SMILES string of the molecule is C[C@@H](CNC(=O)NC[C@H](C)S(N)(=O)=O)COCc1ccccc1. The molecular weight excluding hydrogens is 318 g/mol. The fourth-order valence-corrected chi connectivity index (χ4v) is 2.01. The van der Waals surface area contributed by atoms with E-state index in [-0.39, 0.29) is 12.5 Å². The lowest BCUT2D eigenvalue weighted by Gasteiger charge is -2.15. The Balaban J connectivity index is 2.15. The summed E-state index contributed by atoms with van der Waals surface area (Å²) in [6.45, 7) is 4.86. The quantitative estimate of drug-likeness (QED) is 0.616. The second kappa shape index (κ2) is 9.49. The van der Waals surface area contributed by atoms with Gasteiger partial charge in [0.25, 0.3) is 0 Å². The first-order chi connectivity index (χ1) is 10.8. The summed E-state index contributed by atoms with van der Waals surface area (Å²) < 4.78 is 27.7. The number of carbonyl (C=O) groups is 1. The largest absolute Gasteiger partial charge is 0.376 e. The predicted octanol–water partition coefficient (Wildman–Crippen LogP) is 0.816. The summed E-state index contributed by atoms with van der Waals surface area (Å²) in [7, 11) is -3.63. The van der Waals surface area contributed by atoms with Crippen molar-refractivity contribution < 1.29 is 17.9 Å². The van der Waals surface area contributed by atoms with E-state index in [1.165, 1.54) is 6.92 Å². The van der Waals surface area contributed by atoms with E-state index in [2.05, 4.69) is 10.6 Å². The highest BCUT2D eigenvalue weighted by atomic mass is 32.2. The number of hydrogen-bond acceptors (Lipinski definition) is 4. The fraction of sp³-hybridized carbons (Fsp3) is 0.533. The summed E-state index contributed by atoms with van der Waals surface area (Å²) >= 11 is 0. The highest BCUT2D eigenvalue weighted by molar-refractivity contribution is 7.89. The van der Waals surface area contributed by atoms with Crippen LogP contribution in [0.4, 0.5) is 4.79 Å². The normalized spacial score (nSPS) is 14.0. The third-order valence-corrected chi connectivity index (χ3v) is 4.52.